The number of rotatable bonds is 2. The summed E-state index contributed by atoms with van der Waals surface area (Å²) in [4.78, 5) is 14.1. The monoisotopic (exact) mass is 463 g/mol. The number of nitrogens with zero attached hydrogens (tertiary/aromatic N) is 3. The third kappa shape index (κ3) is 3.98. The molecule has 1 aromatic heterocycles. The minimum Gasteiger partial charge on any atom is -0.495 e. The molecule has 1 spiro atoms. The number of hydrogen-bond acceptors (Lipinski definition) is 4. The number of benzene rings is 1. The van der Waals surface area contributed by atoms with E-state index in [9.17, 15) is 4.79 Å². The van der Waals surface area contributed by atoms with E-state index < -0.39 is 5.60 Å². The third-order valence-electron chi connectivity index (χ3n) is 6.22. The molecule has 2 aromatic rings. The number of halogens is 1. The Morgan fingerprint density at radius 2 is 2.03 bits per heavy atom. The van der Waals surface area contributed by atoms with Crippen LogP contribution < -0.4 is 4.74 Å². The molecule has 1 amide bonds. The summed E-state index contributed by atoms with van der Waals surface area (Å²) in [6.45, 7) is 9.67. The standard InChI is InChI=1S/C22H30BrN3O3/c1-14-10-22(12-25(13-22)20(27)29-21(2,3)4)7-6-18(14)26-11-15-8-16(23)19(28-5)9-17(15)24-26/h8-9,11,14,18H,6-7,10,12-13H2,1-5H3. The molecule has 1 aliphatic heterocycles. The quantitative estimate of drug-likeness (QED) is 0.597. The van der Waals surface area contributed by atoms with Crippen molar-refractivity contribution < 1.29 is 14.3 Å². The van der Waals surface area contributed by atoms with E-state index in [2.05, 4.69) is 39.8 Å². The van der Waals surface area contributed by atoms with Gasteiger partial charge in [-0.1, -0.05) is 6.92 Å². The Morgan fingerprint density at radius 3 is 2.66 bits per heavy atom. The second kappa shape index (κ2) is 7.18. The van der Waals surface area contributed by atoms with Crippen molar-refractivity contribution >= 4 is 32.9 Å². The SMILES string of the molecule is COc1cc2nn(C3CCC4(CC3C)CN(C(=O)OC(C)(C)C)C4)cc2cc1Br. The van der Waals surface area contributed by atoms with Crippen molar-refractivity contribution in [1.82, 2.24) is 14.7 Å². The van der Waals surface area contributed by atoms with Crippen molar-refractivity contribution in [1.29, 1.82) is 0 Å². The van der Waals surface area contributed by atoms with Gasteiger partial charge in [0.05, 0.1) is 23.1 Å². The maximum absolute atomic E-state index is 12.3. The fourth-order valence-corrected chi connectivity index (χ4v) is 5.45. The van der Waals surface area contributed by atoms with E-state index >= 15 is 0 Å². The summed E-state index contributed by atoms with van der Waals surface area (Å²) in [6.07, 6.45) is 5.27. The molecule has 158 valence electrons. The van der Waals surface area contributed by atoms with Gasteiger partial charge in [-0.3, -0.25) is 4.68 Å². The summed E-state index contributed by atoms with van der Waals surface area (Å²) < 4.78 is 14.0. The van der Waals surface area contributed by atoms with Crippen LogP contribution in [0, 0.1) is 11.3 Å². The van der Waals surface area contributed by atoms with Crippen LogP contribution in [0.15, 0.2) is 22.8 Å². The van der Waals surface area contributed by atoms with Gasteiger partial charge in [0.2, 0.25) is 0 Å². The van der Waals surface area contributed by atoms with Gasteiger partial charge in [0.25, 0.3) is 0 Å². The predicted octanol–water partition coefficient (Wildman–Crippen LogP) is 5.41. The largest absolute Gasteiger partial charge is 0.495 e. The first-order chi connectivity index (χ1) is 13.6. The molecule has 7 heteroatoms. The normalized spacial score (nSPS) is 23.9. The van der Waals surface area contributed by atoms with Crippen molar-refractivity contribution in [3.63, 3.8) is 0 Å². The smallest absolute Gasteiger partial charge is 0.410 e. The lowest BCUT2D eigenvalue weighted by Crippen LogP contribution is -2.61. The van der Waals surface area contributed by atoms with E-state index in [1.165, 1.54) is 0 Å². The maximum Gasteiger partial charge on any atom is 0.410 e. The summed E-state index contributed by atoms with van der Waals surface area (Å²) >= 11 is 3.56. The van der Waals surface area contributed by atoms with Crippen molar-refractivity contribution in [3.8, 4) is 5.75 Å². The van der Waals surface area contributed by atoms with Crippen LogP contribution in [0.5, 0.6) is 5.75 Å². The zero-order valence-electron chi connectivity index (χ0n) is 17.9. The minimum atomic E-state index is -0.440. The Balaban J connectivity index is 1.43. The number of aromatic nitrogens is 2. The third-order valence-corrected chi connectivity index (χ3v) is 6.84. The van der Waals surface area contributed by atoms with Gasteiger partial charge in [-0.05, 0) is 67.9 Å². The fraction of sp³-hybridized carbons (Fsp3) is 0.636. The highest BCUT2D eigenvalue weighted by Crippen LogP contribution is 2.49. The van der Waals surface area contributed by atoms with Crippen LogP contribution in [0.2, 0.25) is 0 Å². The Bertz CT molecular complexity index is 927. The van der Waals surface area contributed by atoms with Gasteiger partial charge >= 0.3 is 6.09 Å². The van der Waals surface area contributed by atoms with Gasteiger partial charge in [-0.25, -0.2) is 4.79 Å². The first kappa shape index (κ1) is 20.5. The Labute approximate surface area is 180 Å². The van der Waals surface area contributed by atoms with Crippen LogP contribution in [0.4, 0.5) is 4.79 Å². The highest BCUT2D eigenvalue weighted by molar-refractivity contribution is 9.10. The van der Waals surface area contributed by atoms with E-state index in [0.717, 1.165) is 53.5 Å². The fourth-order valence-electron chi connectivity index (χ4n) is 4.93. The number of methoxy groups -OCH3 is 1. The minimum absolute atomic E-state index is 0.184. The average molecular weight is 464 g/mol. The molecule has 1 saturated heterocycles. The van der Waals surface area contributed by atoms with Crippen LogP contribution in [-0.2, 0) is 4.74 Å². The molecule has 2 heterocycles. The summed E-state index contributed by atoms with van der Waals surface area (Å²) in [7, 11) is 1.67. The zero-order valence-corrected chi connectivity index (χ0v) is 19.5. The molecule has 2 fully saturated rings. The van der Waals surface area contributed by atoms with E-state index in [1.807, 2.05) is 31.7 Å². The zero-order chi connectivity index (χ0) is 21.0. The average Bonchev–Trinajstić information content (AvgIpc) is 2.99. The molecule has 1 aliphatic carbocycles. The van der Waals surface area contributed by atoms with Crippen LogP contribution >= 0.6 is 15.9 Å². The predicted molar refractivity (Wildman–Crippen MR) is 116 cm³/mol. The molecule has 29 heavy (non-hydrogen) atoms. The van der Waals surface area contributed by atoms with Gasteiger partial charge in [-0.15, -0.1) is 0 Å². The topological polar surface area (TPSA) is 56.6 Å². The molecule has 2 unspecified atom stereocenters. The molecule has 4 rings (SSSR count). The van der Waals surface area contributed by atoms with Gasteiger partial charge in [0.1, 0.15) is 11.4 Å². The molecule has 6 nitrogen and oxygen atoms in total. The molecule has 1 aromatic carbocycles. The number of carbonyl (C=O) groups is 1. The van der Waals surface area contributed by atoms with Crippen LogP contribution in [0.25, 0.3) is 10.9 Å². The second-order valence-electron chi connectivity index (χ2n) is 9.78. The van der Waals surface area contributed by atoms with Crippen LogP contribution in [0.3, 0.4) is 0 Å². The van der Waals surface area contributed by atoms with Crippen LogP contribution in [-0.4, -0.2) is 46.6 Å². The Hall–Kier alpha value is -1.76. The number of hydrogen-bond donors (Lipinski definition) is 0. The van der Waals surface area contributed by atoms with Crippen LogP contribution in [0.1, 0.15) is 53.0 Å². The summed E-state index contributed by atoms with van der Waals surface area (Å²) in [5.74, 6) is 1.30. The Kier molecular flexibility index (Phi) is 5.08. The molecule has 1 saturated carbocycles. The molecule has 0 bridgehead atoms. The van der Waals surface area contributed by atoms with Gasteiger partial charge in [0.15, 0.2) is 0 Å². The Morgan fingerprint density at radius 1 is 1.31 bits per heavy atom. The summed E-state index contributed by atoms with van der Waals surface area (Å²) in [6, 6.07) is 4.43. The summed E-state index contributed by atoms with van der Waals surface area (Å²) in [5, 5.41) is 5.96. The van der Waals surface area contributed by atoms with Gasteiger partial charge in [0, 0.05) is 36.2 Å². The molecule has 2 aliphatic rings. The molecule has 0 N–H and O–H groups in total. The van der Waals surface area contributed by atoms with Gasteiger partial charge < -0.3 is 14.4 Å². The van der Waals surface area contributed by atoms with E-state index in [-0.39, 0.29) is 11.5 Å². The number of ether oxygens (including phenoxy) is 2. The number of amides is 1. The first-order valence-electron chi connectivity index (χ1n) is 10.3. The first-order valence-corrected chi connectivity index (χ1v) is 11.1. The van der Waals surface area contributed by atoms with Crippen molar-refractivity contribution in [2.75, 3.05) is 20.2 Å². The lowest BCUT2D eigenvalue weighted by Gasteiger charge is -2.54. The van der Waals surface area contributed by atoms with Crippen molar-refractivity contribution in [2.45, 2.75) is 58.6 Å². The lowest BCUT2D eigenvalue weighted by atomic mass is 9.64. The lowest BCUT2D eigenvalue weighted by molar-refractivity contribution is -0.0648. The molecular weight excluding hydrogens is 434 g/mol. The maximum atomic E-state index is 12.3. The molecule has 0 radical (unpaired) electrons. The highest BCUT2D eigenvalue weighted by Gasteiger charge is 2.50. The van der Waals surface area contributed by atoms with Crippen molar-refractivity contribution in [2.24, 2.45) is 11.3 Å². The molecule has 2 atom stereocenters. The highest BCUT2D eigenvalue weighted by atomic mass is 79.9. The molecular formula is C22H30BrN3O3. The van der Waals surface area contributed by atoms with E-state index in [4.69, 9.17) is 14.6 Å². The van der Waals surface area contributed by atoms with Gasteiger partial charge in [-0.2, -0.15) is 5.10 Å². The number of likely N-dealkylation sites (tertiary alicyclic amines) is 1. The summed E-state index contributed by atoms with van der Waals surface area (Å²) in [5.41, 5.74) is 0.758. The van der Waals surface area contributed by atoms with E-state index in [1.54, 1.807) is 7.11 Å². The number of fused-ring (bicyclic) bond motifs is 1. The number of carbonyl (C=O) groups excluding carboxylic acids is 1. The van der Waals surface area contributed by atoms with Crippen molar-refractivity contribution in [3.05, 3.63) is 22.8 Å². The van der Waals surface area contributed by atoms with E-state index in [0.29, 0.717) is 12.0 Å². The second-order valence-corrected chi connectivity index (χ2v) is 10.6.